The number of carboxylic acids is 1. The number of hydrogen-bond donors (Lipinski definition) is 3. The van der Waals surface area contributed by atoms with Gasteiger partial charge >= 0.3 is 5.97 Å². The largest absolute Gasteiger partial charge is 0.480 e. The van der Waals surface area contributed by atoms with Gasteiger partial charge in [-0.15, -0.1) is 0 Å². The maximum absolute atomic E-state index is 11.2. The molecule has 0 spiro atoms. The molecule has 0 aliphatic carbocycles. The fourth-order valence-corrected chi connectivity index (χ4v) is 2.32. The molecule has 0 saturated carbocycles. The van der Waals surface area contributed by atoms with Crippen LogP contribution in [0.3, 0.4) is 0 Å². The Morgan fingerprint density at radius 3 is 2.19 bits per heavy atom. The molecule has 0 rings (SSSR count). The van der Waals surface area contributed by atoms with Crippen molar-refractivity contribution in [2.75, 3.05) is 5.75 Å². The summed E-state index contributed by atoms with van der Waals surface area (Å²) in [7, 11) is 0. The molecule has 0 aromatic heterocycles. The van der Waals surface area contributed by atoms with Crippen LogP contribution in [0.5, 0.6) is 0 Å². The van der Waals surface area contributed by atoms with E-state index in [9.17, 15) is 15.0 Å². The highest BCUT2D eigenvalue weighted by atomic mass is 32.2. The summed E-state index contributed by atoms with van der Waals surface area (Å²) in [4.78, 5) is 11.2. The third-order valence-corrected chi connectivity index (χ3v) is 4.06. The molecule has 5 heteroatoms. The molecule has 0 amide bonds. The molecule has 4 nitrogen and oxygen atoms in total. The number of carboxylic acid groups (broad SMARTS) is 1. The van der Waals surface area contributed by atoms with Crippen LogP contribution in [0.25, 0.3) is 0 Å². The van der Waals surface area contributed by atoms with Gasteiger partial charge in [0.25, 0.3) is 0 Å². The predicted octanol–water partition coefficient (Wildman–Crippen LogP) is 1.33. The number of rotatable bonds is 7. The third-order valence-electron chi connectivity index (χ3n) is 2.39. The van der Waals surface area contributed by atoms with Crippen molar-refractivity contribution in [3.05, 3.63) is 0 Å². The standard InChI is InChI=1S/C11H23NO3S/c1-7(2)12-11(5,10(14)15)6-16-9(4)8(3)13/h7-9,12-13H,6H2,1-5H3,(H,14,15). The zero-order chi connectivity index (χ0) is 12.9. The van der Waals surface area contributed by atoms with Crippen molar-refractivity contribution < 1.29 is 15.0 Å². The molecule has 96 valence electrons. The van der Waals surface area contributed by atoms with Crippen molar-refractivity contribution >= 4 is 17.7 Å². The first-order valence-electron chi connectivity index (χ1n) is 5.50. The Hall–Kier alpha value is -0.260. The predicted molar refractivity (Wildman–Crippen MR) is 67.9 cm³/mol. The van der Waals surface area contributed by atoms with Crippen LogP contribution in [0, 0.1) is 0 Å². The highest BCUT2D eigenvalue weighted by Gasteiger charge is 2.34. The molecule has 0 aromatic rings. The molecule has 0 heterocycles. The van der Waals surface area contributed by atoms with Crippen LogP contribution in [0.4, 0.5) is 0 Å². The highest BCUT2D eigenvalue weighted by molar-refractivity contribution is 8.00. The molecular formula is C11H23NO3S. The minimum Gasteiger partial charge on any atom is -0.480 e. The molecule has 3 N–H and O–H groups in total. The van der Waals surface area contributed by atoms with E-state index in [0.717, 1.165) is 0 Å². The van der Waals surface area contributed by atoms with Crippen LogP contribution < -0.4 is 5.32 Å². The maximum atomic E-state index is 11.2. The van der Waals surface area contributed by atoms with Gasteiger partial charge < -0.3 is 10.2 Å². The van der Waals surface area contributed by atoms with Crippen LogP contribution in [0.2, 0.25) is 0 Å². The van der Waals surface area contributed by atoms with Crippen LogP contribution in [-0.4, -0.2) is 44.9 Å². The van der Waals surface area contributed by atoms with Gasteiger partial charge in [-0.25, -0.2) is 0 Å². The SMILES string of the molecule is CC(C)NC(C)(CSC(C)C(C)O)C(=O)O. The Morgan fingerprint density at radius 2 is 1.88 bits per heavy atom. The van der Waals surface area contributed by atoms with E-state index >= 15 is 0 Å². The highest BCUT2D eigenvalue weighted by Crippen LogP contribution is 2.21. The summed E-state index contributed by atoms with van der Waals surface area (Å²) in [5, 5.41) is 21.6. The zero-order valence-electron chi connectivity index (χ0n) is 10.7. The minimum absolute atomic E-state index is 0.0348. The number of carbonyl (C=O) groups is 1. The Labute approximate surface area is 102 Å². The monoisotopic (exact) mass is 249 g/mol. The number of nitrogens with one attached hydrogen (secondary N) is 1. The fraction of sp³-hybridized carbons (Fsp3) is 0.909. The van der Waals surface area contributed by atoms with Crippen molar-refractivity contribution in [1.82, 2.24) is 5.32 Å². The van der Waals surface area contributed by atoms with Gasteiger partial charge in [-0.3, -0.25) is 10.1 Å². The lowest BCUT2D eigenvalue weighted by Crippen LogP contribution is -2.54. The smallest absolute Gasteiger partial charge is 0.324 e. The molecule has 0 saturated heterocycles. The molecule has 0 aliphatic rings. The van der Waals surface area contributed by atoms with E-state index in [0.29, 0.717) is 5.75 Å². The van der Waals surface area contributed by atoms with Crippen molar-refractivity contribution in [2.45, 2.75) is 57.6 Å². The molecule has 0 bridgehead atoms. The lowest BCUT2D eigenvalue weighted by Gasteiger charge is -2.29. The maximum Gasteiger partial charge on any atom is 0.324 e. The van der Waals surface area contributed by atoms with E-state index in [1.807, 2.05) is 20.8 Å². The molecule has 3 unspecified atom stereocenters. The first-order valence-corrected chi connectivity index (χ1v) is 6.54. The van der Waals surface area contributed by atoms with Gasteiger partial charge in [0, 0.05) is 17.0 Å². The van der Waals surface area contributed by atoms with Gasteiger partial charge in [-0.2, -0.15) is 11.8 Å². The van der Waals surface area contributed by atoms with Crippen LogP contribution in [0.15, 0.2) is 0 Å². The lowest BCUT2D eigenvalue weighted by atomic mass is 10.1. The van der Waals surface area contributed by atoms with E-state index in [1.165, 1.54) is 11.8 Å². The Balaban J connectivity index is 4.40. The van der Waals surface area contributed by atoms with E-state index in [4.69, 9.17) is 0 Å². The van der Waals surface area contributed by atoms with Gasteiger partial charge in [0.1, 0.15) is 5.54 Å². The van der Waals surface area contributed by atoms with Gasteiger partial charge in [-0.05, 0) is 27.7 Å². The molecular weight excluding hydrogens is 226 g/mol. The van der Waals surface area contributed by atoms with Gasteiger partial charge in [0.2, 0.25) is 0 Å². The lowest BCUT2D eigenvalue weighted by molar-refractivity contribution is -0.143. The van der Waals surface area contributed by atoms with Crippen LogP contribution in [-0.2, 0) is 4.79 Å². The van der Waals surface area contributed by atoms with Crippen LogP contribution in [0.1, 0.15) is 34.6 Å². The molecule has 0 aliphatic heterocycles. The zero-order valence-corrected chi connectivity index (χ0v) is 11.5. The Kier molecular flexibility index (Phi) is 6.36. The summed E-state index contributed by atoms with van der Waals surface area (Å²) in [6, 6.07) is 0.114. The molecule has 0 aromatic carbocycles. The number of aliphatic hydroxyl groups is 1. The molecule has 0 fully saturated rings. The second kappa shape index (κ2) is 6.47. The summed E-state index contributed by atoms with van der Waals surface area (Å²) in [6.45, 7) is 9.13. The summed E-state index contributed by atoms with van der Waals surface area (Å²) >= 11 is 1.47. The second-order valence-corrected chi connectivity index (χ2v) is 6.06. The first kappa shape index (κ1) is 15.7. The number of aliphatic hydroxyl groups excluding tert-OH is 1. The van der Waals surface area contributed by atoms with Crippen molar-refractivity contribution in [2.24, 2.45) is 0 Å². The molecule has 16 heavy (non-hydrogen) atoms. The summed E-state index contributed by atoms with van der Waals surface area (Å²) < 4.78 is 0. The van der Waals surface area contributed by atoms with E-state index in [1.54, 1.807) is 13.8 Å². The van der Waals surface area contributed by atoms with E-state index < -0.39 is 17.6 Å². The third kappa shape index (κ3) is 5.18. The topological polar surface area (TPSA) is 69.6 Å². The van der Waals surface area contributed by atoms with Crippen molar-refractivity contribution in [3.8, 4) is 0 Å². The normalized spacial score (nSPS) is 19.2. The first-order chi connectivity index (χ1) is 7.19. The quantitative estimate of drug-likeness (QED) is 0.635. The minimum atomic E-state index is -0.942. The summed E-state index contributed by atoms with van der Waals surface area (Å²) in [5.41, 5.74) is -0.942. The Bertz CT molecular complexity index is 233. The number of hydrogen-bond acceptors (Lipinski definition) is 4. The van der Waals surface area contributed by atoms with Crippen molar-refractivity contribution in [3.63, 3.8) is 0 Å². The van der Waals surface area contributed by atoms with Crippen molar-refractivity contribution in [1.29, 1.82) is 0 Å². The summed E-state index contributed by atoms with van der Waals surface area (Å²) in [6.07, 6.45) is -0.429. The summed E-state index contributed by atoms with van der Waals surface area (Å²) in [5.74, 6) is -0.418. The average molecular weight is 249 g/mol. The van der Waals surface area contributed by atoms with Crippen LogP contribution >= 0.6 is 11.8 Å². The molecule has 0 radical (unpaired) electrons. The van der Waals surface area contributed by atoms with Gasteiger partial charge in [0.05, 0.1) is 6.10 Å². The van der Waals surface area contributed by atoms with Gasteiger partial charge in [-0.1, -0.05) is 6.92 Å². The Morgan fingerprint density at radius 1 is 1.38 bits per heavy atom. The number of aliphatic carboxylic acids is 1. The second-order valence-electron chi connectivity index (χ2n) is 4.69. The molecule has 3 atom stereocenters. The fourth-order valence-electron chi connectivity index (χ4n) is 1.24. The van der Waals surface area contributed by atoms with E-state index in [2.05, 4.69) is 5.32 Å². The average Bonchev–Trinajstić information content (AvgIpc) is 2.12. The van der Waals surface area contributed by atoms with E-state index in [-0.39, 0.29) is 11.3 Å². The number of thioether (sulfide) groups is 1. The van der Waals surface area contributed by atoms with Gasteiger partial charge in [0.15, 0.2) is 0 Å².